The van der Waals surface area contributed by atoms with Crippen LogP contribution >= 0.6 is 7.26 Å². The van der Waals surface area contributed by atoms with Crippen LogP contribution in [-0.4, -0.2) is 29.3 Å². The van der Waals surface area contributed by atoms with Crippen molar-refractivity contribution in [2.24, 2.45) is 0 Å². The minimum absolute atomic E-state index is 0.0470. The number of carbonyl (C=O) groups excluding carboxylic acids is 1. The number of hydrogen-bond donors (Lipinski definition) is 2. The quantitative estimate of drug-likeness (QED) is 0.123. The maximum atomic E-state index is 13.0. The van der Waals surface area contributed by atoms with Gasteiger partial charge >= 0.3 is 215 Å². The van der Waals surface area contributed by atoms with Crippen molar-refractivity contribution < 1.29 is 9.90 Å². The number of aliphatic hydroxyl groups is 1. The molecule has 2 N–H and O–H groups in total. The molecule has 0 aromatic heterocycles. The minimum atomic E-state index is -2.30. The molecule has 0 spiro atoms. The summed E-state index contributed by atoms with van der Waals surface area (Å²) in [6, 6.07) is 40.4. The Morgan fingerprint density at radius 2 is 1.22 bits per heavy atom. The fraction of sp³-hybridized carbons (Fsp3) is 0.324. The monoisotopic (exact) mass is 567 g/mol. The molecular formula is C37H46NO2P. The second-order valence-corrected chi connectivity index (χ2v) is 15.6. The zero-order chi connectivity index (χ0) is 29.0. The number of nitrogens with one attached hydrogen (secondary N) is 1. The molecule has 0 fully saturated rings. The molecule has 216 valence electrons. The van der Waals surface area contributed by atoms with Crippen LogP contribution in [0.1, 0.15) is 68.3 Å². The van der Waals surface area contributed by atoms with Crippen LogP contribution in [0, 0.1) is 0 Å². The van der Waals surface area contributed by atoms with Crippen LogP contribution in [0.15, 0.2) is 115 Å². The molecule has 0 saturated heterocycles. The molecule has 4 rings (SSSR count). The van der Waals surface area contributed by atoms with E-state index in [0.29, 0.717) is 18.5 Å². The third-order valence-electron chi connectivity index (χ3n) is 8.18. The van der Waals surface area contributed by atoms with Crippen molar-refractivity contribution in [3.8, 4) is 0 Å². The molecule has 0 bridgehead atoms. The summed E-state index contributed by atoms with van der Waals surface area (Å²) in [5, 5.41) is 18.2. The van der Waals surface area contributed by atoms with E-state index in [9.17, 15) is 9.90 Å². The van der Waals surface area contributed by atoms with Crippen molar-refractivity contribution in [3.05, 3.63) is 126 Å². The van der Waals surface area contributed by atoms with Crippen LogP contribution in [0.5, 0.6) is 0 Å². The van der Waals surface area contributed by atoms with Gasteiger partial charge in [-0.05, 0) is 0 Å². The molecule has 3 nitrogen and oxygen atoms in total. The average Bonchev–Trinajstić information content (AvgIpc) is 3.01. The molecule has 1 atom stereocenters. The molecule has 41 heavy (non-hydrogen) atoms. The van der Waals surface area contributed by atoms with E-state index >= 15 is 0 Å². The number of amides is 1. The molecule has 4 aromatic rings. The van der Waals surface area contributed by atoms with Crippen molar-refractivity contribution in [3.63, 3.8) is 0 Å². The van der Waals surface area contributed by atoms with Crippen molar-refractivity contribution in [1.82, 2.24) is 5.32 Å². The van der Waals surface area contributed by atoms with E-state index in [1.165, 1.54) is 28.8 Å². The Bertz CT molecular complexity index is 1230. The van der Waals surface area contributed by atoms with E-state index < -0.39 is 12.9 Å². The molecule has 0 aliphatic rings. The van der Waals surface area contributed by atoms with Gasteiger partial charge in [0.25, 0.3) is 0 Å². The number of carbonyl (C=O) groups is 1. The molecule has 1 amide bonds. The van der Waals surface area contributed by atoms with Crippen LogP contribution < -0.4 is 21.2 Å². The van der Waals surface area contributed by atoms with Crippen molar-refractivity contribution >= 4 is 29.1 Å². The summed E-state index contributed by atoms with van der Waals surface area (Å²) in [4.78, 5) is 13.0. The van der Waals surface area contributed by atoms with Gasteiger partial charge in [0.15, 0.2) is 0 Å². The molecule has 0 aliphatic heterocycles. The maximum absolute atomic E-state index is 13.0. The molecule has 4 aromatic carbocycles. The standard InChI is InChI=1S/C37H46NO2P/c1-3-4-5-15-27-37(2,40)30-31-23-25-32(26-24-31)36(39)38-28-16-29-41(33-17-9-6-10-18-33,34-19-11-7-12-20-34)35-21-13-8-14-22-35/h6-14,17-26,40-41H,3-5,15-16,27-30H2,1-2H3,(H,38,39). The van der Waals surface area contributed by atoms with Gasteiger partial charge in [-0.1, -0.05) is 32.6 Å². The molecule has 0 saturated carbocycles. The summed E-state index contributed by atoms with van der Waals surface area (Å²) in [6.45, 7) is 4.74. The summed E-state index contributed by atoms with van der Waals surface area (Å²) < 4.78 is 0. The molecule has 1 unspecified atom stereocenters. The van der Waals surface area contributed by atoms with Gasteiger partial charge in [-0.15, -0.1) is 0 Å². The Labute approximate surface area is 247 Å². The average molecular weight is 568 g/mol. The summed E-state index contributed by atoms with van der Waals surface area (Å²) in [5.74, 6) is -0.0470. The Hall–Kier alpha value is -3.26. The Morgan fingerprint density at radius 3 is 1.71 bits per heavy atom. The second-order valence-electron chi connectivity index (χ2n) is 11.5. The van der Waals surface area contributed by atoms with Crippen LogP contribution in [-0.2, 0) is 6.42 Å². The van der Waals surface area contributed by atoms with E-state index in [1.54, 1.807) is 0 Å². The molecule has 0 aliphatic carbocycles. The molecule has 0 heterocycles. The van der Waals surface area contributed by atoms with Crippen LogP contribution in [0.2, 0.25) is 0 Å². The van der Waals surface area contributed by atoms with Crippen molar-refractivity contribution in [2.45, 2.75) is 64.4 Å². The van der Waals surface area contributed by atoms with Crippen LogP contribution in [0.4, 0.5) is 0 Å². The van der Waals surface area contributed by atoms with Gasteiger partial charge in [0.2, 0.25) is 0 Å². The third kappa shape index (κ3) is 8.38. The number of benzene rings is 4. The van der Waals surface area contributed by atoms with E-state index in [0.717, 1.165) is 37.4 Å². The summed E-state index contributed by atoms with van der Waals surface area (Å²) in [6.07, 6.45) is 7.91. The first-order valence-electron chi connectivity index (χ1n) is 15.2. The van der Waals surface area contributed by atoms with Gasteiger partial charge in [0, 0.05) is 0 Å². The van der Waals surface area contributed by atoms with Gasteiger partial charge in [0.1, 0.15) is 0 Å². The first-order valence-corrected chi connectivity index (χ1v) is 17.4. The predicted molar refractivity (Wildman–Crippen MR) is 178 cm³/mol. The van der Waals surface area contributed by atoms with Gasteiger partial charge in [-0.2, -0.15) is 0 Å². The van der Waals surface area contributed by atoms with Gasteiger partial charge in [0.05, 0.1) is 0 Å². The van der Waals surface area contributed by atoms with E-state index in [1.807, 2.05) is 31.2 Å². The predicted octanol–water partition coefficient (Wildman–Crippen LogP) is 6.80. The van der Waals surface area contributed by atoms with Crippen molar-refractivity contribution in [1.29, 1.82) is 0 Å². The zero-order valence-corrected chi connectivity index (χ0v) is 25.7. The van der Waals surface area contributed by atoms with Crippen LogP contribution in [0.3, 0.4) is 0 Å². The van der Waals surface area contributed by atoms with Gasteiger partial charge in [-0.3, -0.25) is 0 Å². The molecule has 4 heteroatoms. The van der Waals surface area contributed by atoms with E-state index in [-0.39, 0.29) is 5.91 Å². The summed E-state index contributed by atoms with van der Waals surface area (Å²) in [5.41, 5.74) is 1.00. The number of hydrogen-bond acceptors (Lipinski definition) is 2. The Kier molecular flexibility index (Phi) is 11.3. The second kappa shape index (κ2) is 15.1. The first-order chi connectivity index (χ1) is 19.9. The van der Waals surface area contributed by atoms with E-state index in [2.05, 4.69) is 103 Å². The molecule has 0 radical (unpaired) electrons. The topological polar surface area (TPSA) is 49.3 Å². The fourth-order valence-corrected chi connectivity index (χ4v) is 10.9. The summed E-state index contributed by atoms with van der Waals surface area (Å²) in [7, 11) is -2.30. The summed E-state index contributed by atoms with van der Waals surface area (Å²) >= 11 is 0. The number of rotatable bonds is 15. The van der Waals surface area contributed by atoms with Gasteiger partial charge in [-0.25, -0.2) is 0 Å². The molecular weight excluding hydrogens is 521 g/mol. The fourth-order valence-electron chi connectivity index (χ4n) is 5.99. The SMILES string of the molecule is CCCCCCC(C)(O)Cc1ccc(C(=O)NCCC[PH](c2ccccc2)(c2ccccc2)c2ccccc2)cc1. The van der Waals surface area contributed by atoms with Gasteiger partial charge < -0.3 is 0 Å². The van der Waals surface area contributed by atoms with Crippen molar-refractivity contribution in [2.75, 3.05) is 12.7 Å². The zero-order valence-electron chi connectivity index (χ0n) is 24.7. The normalized spacial score (nSPS) is 13.3. The first kappa shape index (κ1) is 30.7. The number of unbranched alkanes of at least 4 members (excludes halogenated alkanes) is 3. The van der Waals surface area contributed by atoms with Crippen LogP contribution in [0.25, 0.3) is 0 Å². The third-order valence-corrected chi connectivity index (χ3v) is 13.2. The van der Waals surface area contributed by atoms with E-state index in [4.69, 9.17) is 0 Å². The Morgan fingerprint density at radius 1 is 0.707 bits per heavy atom. The Balaban J connectivity index is 1.41.